The second kappa shape index (κ2) is 12.2. The van der Waals surface area contributed by atoms with Crippen LogP contribution < -0.4 is 15.4 Å². The van der Waals surface area contributed by atoms with Gasteiger partial charge in [-0.05, 0) is 86.1 Å². The number of ether oxygens (including phenoxy) is 2. The molecule has 4 aliphatic rings. The largest absolute Gasteiger partial charge is 0.464 e. The van der Waals surface area contributed by atoms with Gasteiger partial charge in [0, 0.05) is 33.9 Å². The second-order valence-corrected chi connectivity index (χ2v) is 15.0. The van der Waals surface area contributed by atoms with Gasteiger partial charge in [0.15, 0.2) is 0 Å². The van der Waals surface area contributed by atoms with Crippen LogP contribution in [-0.2, 0) is 9.53 Å². The standard InChI is InChI=1S/C36H37ClFN5O4S/c1-18(2)32(41-36(45)46-3)34(44)42-12-4-5-26(42)33-39-17-24(40-33)20-14-23(38)31-27-15-21-13-22(37)8-9-25(21)43(27)35(47-28(31)16-20)30-11-10-29(48-30)19-6-7-19/h8-11,13-16,18-19,26,32-33,35,39H,4-7,12,17H2,1-3H3,(H,41,45). The first-order valence-electron chi connectivity index (χ1n) is 16.6. The zero-order valence-corrected chi connectivity index (χ0v) is 28.5. The molecule has 1 saturated carbocycles. The number of thiophene rings is 1. The topological polar surface area (TPSA) is 97.2 Å². The Hall–Kier alpha value is -3.93. The van der Waals surface area contributed by atoms with Crippen LogP contribution in [0.25, 0.3) is 22.2 Å². The van der Waals surface area contributed by atoms with E-state index in [2.05, 4.69) is 27.3 Å². The number of benzene rings is 2. The Labute approximate surface area is 287 Å². The summed E-state index contributed by atoms with van der Waals surface area (Å²) in [6, 6.07) is 14.6. The lowest BCUT2D eigenvalue weighted by Crippen LogP contribution is -2.55. The highest BCUT2D eigenvalue weighted by Crippen LogP contribution is 2.49. The van der Waals surface area contributed by atoms with Crippen LogP contribution in [-0.4, -0.2) is 65.6 Å². The Morgan fingerprint density at radius 3 is 2.71 bits per heavy atom. The Balaban J connectivity index is 1.12. The summed E-state index contributed by atoms with van der Waals surface area (Å²) in [5, 5.41) is 7.69. The fourth-order valence-corrected chi connectivity index (χ4v) is 8.70. The van der Waals surface area contributed by atoms with Gasteiger partial charge in [-0.15, -0.1) is 11.3 Å². The number of aliphatic imine (C=N–C) groups is 1. The van der Waals surface area contributed by atoms with Crippen LogP contribution in [0.4, 0.5) is 9.18 Å². The van der Waals surface area contributed by atoms with Crippen molar-refractivity contribution in [1.82, 2.24) is 20.1 Å². The number of halogens is 2. The number of methoxy groups -OCH3 is 1. The summed E-state index contributed by atoms with van der Waals surface area (Å²) in [6.45, 7) is 4.78. The summed E-state index contributed by atoms with van der Waals surface area (Å²) in [6.07, 6.45) is 2.57. The average Bonchev–Trinajstić information content (AvgIpc) is 3.47. The van der Waals surface area contributed by atoms with Gasteiger partial charge in [-0.2, -0.15) is 0 Å². The van der Waals surface area contributed by atoms with E-state index in [-0.39, 0.29) is 24.0 Å². The van der Waals surface area contributed by atoms with Crippen molar-refractivity contribution in [2.45, 2.75) is 69.9 Å². The van der Waals surface area contributed by atoms with E-state index in [1.807, 2.05) is 49.1 Å². The number of amides is 2. The molecule has 1 aliphatic carbocycles. The molecule has 2 aromatic heterocycles. The number of likely N-dealkylation sites (tertiary alicyclic amines) is 1. The number of carbonyl (C=O) groups is 2. The molecule has 8 rings (SSSR count). The summed E-state index contributed by atoms with van der Waals surface area (Å²) in [4.78, 5) is 34.9. The van der Waals surface area contributed by atoms with Crippen molar-refractivity contribution in [1.29, 1.82) is 0 Å². The Morgan fingerprint density at radius 2 is 1.94 bits per heavy atom. The van der Waals surface area contributed by atoms with E-state index in [9.17, 15) is 9.59 Å². The van der Waals surface area contributed by atoms with Crippen LogP contribution >= 0.6 is 22.9 Å². The van der Waals surface area contributed by atoms with Crippen molar-refractivity contribution in [2.24, 2.45) is 10.9 Å². The van der Waals surface area contributed by atoms with Crippen LogP contribution in [0.15, 0.2) is 53.5 Å². The monoisotopic (exact) mass is 689 g/mol. The fraction of sp³-hybridized carbons (Fsp3) is 0.417. The smallest absolute Gasteiger partial charge is 0.407 e. The van der Waals surface area contributed by atoms with Crippen molar-refractivity contribution in [2.75, 3.05) is 20.2 Å². The quantitative estimate of drug-likeness (QED) is 0.217. The minimum Gasteiger partial charge on any atom is -0.464 e. The molecule has 250 valence electrons. The minimum absolute atomic E-state index is 0.124. The molecule has 0 bridgehead atoms. The number of alkyl carbamates (subject to hydrolysis) is 1. The van der Waals surface area contributed by atoms with Crippen molar-refractivity contribution >= 4 is 51.6 Å². The van der Waals surface area contributed by atoms with Gasteiger partial charge in [0.25, 0.3) is 0 Å². The third kappa shape index (κ3) is 5.45. The number of nitrogens with zero attached hydrogens (tertiary/aromatic N) is 3. The Bertz CT molecular complexity index is 1970. The normalized spacial score (nSPS) is 22.3. The molecule has 5 heterocycles. The van der Waals surface area contributed by atoms with Crippen molar-refractivity contribution in [3.05, 3.63) is 74.7 Å². The average molecular weight is 690 g/mol. The van der Waals surface area contributed by atoms with E-state index in [0.29, 0.717) is 46.6 Å². The SMILES string of the molecule is COC(=O)NC(C(=O)N1CCCC1C1N=C(c2cc(F)c3c(c2)OC(c2ccc(C4CC4)s2)n2c-3cc3cc(Cl)ccc32)CN1)C(C)C. The molecule has 0 spiro atoms. The van der Waals surface area contributed by atoms with Gasteiger partial charge in [-0.25, -0.2) is 9.18 Å². The third-order valence-electron chi connectivity index (χ3n) is 9.90. The predicted octanol–water partition coefficient (Wildman–Crippen LogP) is 7.07. The number of carbonyl (C=O) groups excluding carboxylic acids is 2. The molecule has 2 fully saturated rings. The number of rotatable bonds is 7. The van der Waals surface area contributed by atoms with E-state index in [1.165, 1.54) is 30.9 Å². The summed E-state index contributed by atoms with van der Waals surface area (Å²) in [7, 11) is 1.28. The number of nitrogens with one attached hydrogen (secondary N) is 2. The lowest BCUT2D eigenvalue weighted by molar-refractivity contribution is -0.135. The molecule has 4 aromatic rings. The van der Waals surface area contributed by atoms with Gasteiger partial charge < -0.3 is 19.7 Å². The molecule has 9 nitrogen and oxygen atoms in total. The van der Waals surface area contributed by atoms with Crippen LogP contribution in [0.3, 0.4) is 0 Å². The van der Waals surface area contributed by atoms with Gasteiger partial charge in [-0.1, -0.05) is 25.4 Å². The molecule has 0 radical (unpaired) electrons. The van der Waals surface area contributed by atoms with E-state index < -0.39 is 24.2 Å². The fourth-order valence-electron chi connectivity index (χ4n) is 7.32. The van der Waals surface area contributed by atoms with Crippen molar-refractivity contribution in [3.8, 4) is 17.0 Å². The lowest BCUT2D eigenvalue weighted by Gasteiger charge is -2.32. The van der Waals surface area contributed by atoms with E-state index in [1.54, 1.807) is 11.3 Å². The highest BCUT2D eigenvalue weighted by Gasteiger charge is 2.41. The highest BCUT2D eigenvalue weighted by molar-refractivity contribution is 7.12. The van der Waals surface area contributed by atoms with Gasteiger partial charge in [0.1, 0.15) is 23.8 Å². The zero-order valence-electron chi connectivity index (χ0n) is 27.0. The summed E-state index contributed by atoms with van der Waals surface area (Å²) >= 11 is 8.13. The van der Waals surface area contributed by atoms with Crippen LogP contribution in [0.1, 0.15) is 67.0 Å². The van der Waals surface area contributed by atoms with Gasteiger partial charge in [0.05, 0.1) is 40.5 Å². The molecule has 48 heavy (non-hydrogen) atoms. The number of fused-ring (bicyclic) bond motifs is 5. The molecular weight excluding hydrogens is 653 g/mol. The predicted molar refractivity (Wildman–Crippen MR) is 185 cm³/mol. The van der Waals surface area contributed by atoms with E-state index in [4.69, 9.17) is 26.1 Å². The summed E-state index contributed by atoms with van der Waals surface area (Å²) in [5.41, 5.74) is 3.43. The Morgan fingerprint density at radius 1 is 1.12 bits per heavy atom. The lowest BCUT2D eigenvalue weighted by atomic mass is 10.0. The van der Waals surface area contributed by atoms with Gasteiger partial charge >= 0.3 is 6.09 Å². The van der Waals surface area contributed by atoms with Gasteiger partial charge in [0.2, 0.25) is 12.1 Å². The molecule has 2 N–H and O–H groups in total. The highest BCUT2D eigenvalue weighted by atomic mass is 35.5. The maximum Gasteiger partial charge on any atom is 0.407 e. The maximum absolute atomic E-state index is 16.3. The molecule has 2 aromatic carbocycles. The molecular formula is C36H37ClFN5O4S. The molecule has 12 heteroatoms. The zero-order chi connectivity index (χ0) is 33.3. The maximum atomic E-state index is 16.3. The molecule has 4 unspecified atom stereocenters. The molecule has 2 amide bonds. The van der Waals surface area contributed by atoms with Crippen LogP contribution in [0, 0.1) is 11.7 Å². The first-order chi connectivity index (χ1) is 23.2. The molecule has 4 atom stereocenters. The molecule has 3 aliphatic heterocycles. The Kier molecular flexibility index (Phi) is 7.96. The summed E-state index contributed by atoms with van der Waals surface area (Å²) in [5.74, 6) is 0.419. The second-order valence-electron chi connectivity index (χ2n) is 13.4. The van der Waals surface area contributed by atoms with E-state index >= 15 is 4.39 Å². The molecule has 1 saturated heterocycles. The van der Waals surface area contributed by atoms with Crippen molar-refractivity contribution in [3.63, 3.8) is 0 Å². The first kappa shape index (κ1) is 31.3. The third-order valence-corrected chi connectivity index (χ3v) is 11.4. The number of hydrogen-bond donors (Lipinski definition) is 2. The minimum atomic E-state index is -0.710. The first-order valence-corrected chi connectivity index (χ1v) is 17.8. The van der Waals surface area contributed by atoms with E-state index in [0.717, 1.165) is 34.3 Å². The summed E-state index contributed by atoms with van der Waals surface area (Å²) < 4.78 is 29.9. The number of hydrogen-bond acceptors (Lipinski definition) is 7. The van der Waals surface area contributed by atoms with Crippen LogP contribution in [0.5, 0.6) is 5.75 Å². The van der Waals surface area contributed by atoms with Crippen molar-refractivity contribution < 1.29 is 23.5 Å². The number of aromatic nitrogens is 1. The van der Waals surface area contributed by atoms with Gasteiger partial charge in [-0.3, -0.25) is 19.7 Å². The van der Waals surface area contributed by atoms with Crippen LogP contribution in [0.2, 0.25) is 5.02 Å².